The van der Waals surface area contributed by atoms with Crippen molar-refractivity contribution in [3.8, 4) is 23.0 Å². The van der Waals surface area contributed by atoms with Gasteiger partial charge >= 0.3 is 6.61 Å². The molecule has 0 saturated carbocycles. The molecule has 0 N–H and O–H groups in total. The number of ether oxygens (including phenoxy) is 4. The summed E-state index contributed by atoms with van der Waals surface area (Å²) >= 11 is 0. The Bertz CT molecular complexity index is 873. The zero-order valence-corrected chi connectivity index (χ0v) is 17.2. The second-order valence-corrected chi connectivity index (χ2v) is 6.38. The molecule has 0 bridgehead atoms. The third-order valence-electron chi connectivity index (χ3n) is 4.25. The van der Waals surface area contributed by atoms with Gasteiger partial charge in [-0.15, -0.1) is 6.58 Å². The third kappa shape index (κ3) is 6.37. The van der Waals surface area contributed by atoms with E-state index in [1.54, 1.807) is 25.3 Å². The van der Waals surface area contributed by atoms with Crippen molar-refractivity contribution in [3.05, 3.63) is 60.2 Å². The SMILES string of the molecule is C=CCc1ccc(OCC(=O)N(C)Cc2ccc(OC)c(OC(F)F)c2)c(OC)c1. The first-order valence-corrected chi connectivity index (χ1v) is 9.14. The van der Waals surface area contributed by atoms with Gasteiger partial charge in [0.15, 0.2) is 29.6 Å². The number of carbonyl (C=O) groups is 1. The summed E-state index contributed by atoms with van der Waals surface area (Å²) in [5.41, 5.74) is 1.62. The lowest BCUT2D eigenvalue weighted by Crippen LogP contribution is -2.31. The lowest BCUT2D eigenvalue weighted by atomic mass is 10.1. The van der Waals surface area contributed by atoms with Crippen LogP contribution in [0.3, 0.4) is 0 Å². The molecule has 2 aromatic carbocycles. The molecule has 6 nitrogen and oxygen atoms in total. The number of hydrogen-bond donors (Lipinski definition) is 0. The minimum absolute atomic E-state index is 0.0913. The topological polar surface area (TPSA) is 57.2 Å². The Hall–Kier alpha value is -3.29. The predicted molar refractivity (Wildman–Crippen MR) is 108 cm³/mol. The van der Waals surface area contributed by atoms with Gasteiger partial charge in [-0.05, 0) is 41.8 Å². The molecule has 0 unspecified atom stereocenters. The third-order valence-corrected chi connectivity index (χ3v) is 4.25. The molecule has 0 aromatic heterocycles. The largest absolute Gasteiger partial charge is 0.493 e. The summed E-state index contributed by atoms with van der Waals surface area (Å²) in [6.07, 6.45) is 2.47. The molecule has 0 radical (unpaired) electrons. The molecule has 30 heavy (non-hydrogen) atoms. The van der Waals surface area contributed by atoms with Gasteiger partial charge in [-0.2, -0.15) is 8.78 Å². The summed E-state index contributed by atoms with van der Waals surface area (Å²) in [6, 6.07) is 10.0. The van der Waals surface area contributed by atoms with E-state index in [4.69, 9.17) is 14.2 Å². The average molecular weight is 421 g/mol. The van der Waals surface area contributed by atoms with Crippen LogP contribution in [-0.2, 0) is 17.8 Å². The highest BCUT2D eigenvalue weighted by molar-refractivity contribution is 5.77. The Morgan fingerprint density at radius 2 is 1.67 bits per heavy atom. The maximum Gasteiger partial charge on any atom is 0.387 e. The highest BCUT2D eigenvalue weighted by Crippen LogP contribution is 2.30. The Balaban J connectivity index is 2.00. The zero-order chi connectivity index (χ0) is 22.1. The zero-order valence-electron chi connectivity index (χ0n) is 17.2. The molecule has 0 saturated heterocycles. The van der Waals surface area contributed by atoms with Crippen LogP contribution in [0.4, 0.5) is 8.78 Å². The highest BCUT2D eigenvalue weighted by Gasteiger charge is 2.15. The van der Waals surface area contributed by atoms with Gasteiger partial charge in [-0.1, -0.05) is 18.2 Å². The molecular weight excluding hydrogens is 396 g/mol. The van der Waals surface area contributed by atoms with Crippen LogP contribution in [0.15, 0.2) is 49.1 Å². The smallest absolute Gasteiger partial charge is 0.387 e. The molecule has 0 heterocycles. The van der Waals surface area contributed by atoms with Crippen molar-refractivity contribution in [2.24, 2.45) is 0 Å². The van der Waals surface area contributed by atoms with E-state index >= 15 is 0 Å². The normalized spacial score (nSPS) is 10.5. The number of hydrogen-bond acceptors (Lipinski definition) is 5. The molecule has 2 aromatic rings. The Labute approximate surface area is 174 Å². The van der Waals surface area contributed by atoms with Crippen molar-refractivity contribution in [2.45, 2.75) is 19.6 Å². The fraction of sp³-hybridized carbons (Fsp3) is 0.318. The summed E-state index contributed by atoms with van der Waals surface area (Å²) in [5.74, 6) is 0.770. The molecule has 0 aliphatic rings. The van der Waals surface area contributed by atoms with Crippen molar-refractivity contribution in [2.75, 3.05) is 27.9 Å². The van der Waals surface area contributed by atoms with Crippen LogP contribution in [0, 0.1) is 0 Å². The van der Waals surface area contributed by atoms with Gasteiger partial charge in [0.05, 0.1) is 14.2 Å². The van der Waals surface area contributed by atoms with Crippen molar-refractivity contribution < 1.29 is 32.5 Å². The minimum Gasteiger partial charge on any atom is -0.493 e. The summed E-state index contributed by atoms with van der Waals surface area (Å²) in [7, 11) is 4.48. The van der Waals surface area contributed by atoms with Gasteiger partial charge in [-0.25, -0.2) is 0 Å². The van der Waals surface area contributed by atoms with Gasteiger partial charge in [0, 0.05) is 13.6 Å². The Morgan fingerprint density at radius 3 is 2.30 bits per heavy atom. The van der Waals surface area contributed by atoms with E-state index < -0.39 is 6.61 Å². The second kappa shape index (κ2) is 11.0. The summed E-state index contributed by atoms with van der Waals surface area (Å²) < 4.78 is 45.6. The predicted octanol–water partition coefficient (Wildman–Crippen LogP) is 4.07. The number of amides is 1. The first-order chi connectivity index (χ1) is 14.4. The van der Waals surface area contributed by atoms with Crippen molar-refractivity contribution in [1.82, 2.24) is 4.90 Å². The lowest BCUT2D eigenvalue weighted by molar-refractivity contribution is -0.132. The number of nitrogens with zero attached hydrogens (tertiary/aromatic N) is 1. The number of rotatable bonds is 11. The van der Waals surface area contributed by atoms with Crippen LogP contribution >= 0.6 is 0 Å². The number of allylic oxidation sites excluding steroid dienone is 1. The number of halogens is 2. The van der Waals surface area contributed by atoms with Gasteiger partial charge in [-0.3, -0.25) is 4.79 Å². The van der Waals surface area contributed by atoms with E-state index in [2.05, 4.69) is 11.3 Å². The average Bonchev–Trinajstić information content (AvgIpc) is 2.72. The molecule has 1 amide bonds. The van der Waals surface area contributed by atoms with Crippen LogP contribution in [0.2, 0.25) is 0 Å². The molecule has 0 aliphatic carbocycles. The second-order valence-electron chi connectivity index (χ2n) is 6.38. The van der Waals surface area contributed by atoms with Crippen molar-refractivity contribution in [3.63, 3.8) is 0 Å². The van der Waals surface area contributed by atoms with E-state index in [0.29, 0.717) is 23.5 Å². The van der Waals surface area contributed by atoms with E-state index in [1.807, 2.05) is 12.1 Å². The van der Waals surface area contributed by atoms with Crippen LogP contribution in [0.1, 0.15) is 11.1 Å². The molecule has 0 fully saturated rings. The number of carbonyl (C=O) groups excluding carboxylic acids is 1. The quantitative estimate of drug-likeness (QED) is 0.512. The van der Waals surface area contributed by atoms with E-state index in [9.17, 15) is 13.6 Å². The first kappa shape index (κ1) is 23.0. The monoisotopic (exact) mass is 421 g/mol. The van der Waals surface area contributed by atoms with E-state index in [0.717, 1.165) is 5.56 Å². The number of likely N-dealkylation sites (N-methyl/N-ethyl adjacent to an activating group) is 1. The molecule has 8 heteroatoms. The van der Waals surface area contributed by atoms with Crippen LogP contribution in [0.5, 0.6) is 23.0 Å². The fourth-order valence-corrected chi connectivity index (χ4v) is 2.74. The molecule has 162 valence electrons. The Kier molecular flexibility index (Phi) is 8.46. The maximum absolute atomic E-state index is 12.6. The van der Waals surface area contributed by atoms with Crippen LogP contribution in [0.25, 0.3) is 0 Å². The molecular formula is C22H25F2NO5. The maximum atomic E-state index is 12.6. The summed E-state index contributed by atoms with van der Waals surface area (Å²) in [4.78, 5) is 13.9. The van der Waals surface area contributed by atoms with Gasteiger partial charge in [0.25, 0.3) is 5.91 Å². The summed E-state index contributed by atoms with van der Waals surface area (Å²) in [6.45, 7) is 0.703. The Morgan fingerprint density at radius 1 is 1.03 bits per heavy atom. The standard InChI is InChI=1S/C22H25F2NO5/c1-5-6-15-7-10-18(19(11-15)28-4)29-14-21(26)25(2)13-16-8-9-17(27-3)20(12-16)30-22(23)24/h5,7-12,22H,1,6,13-14H2,2-4H3. The van der Waals surface area contributed by atoms with Crippen molar-refractivity contribution >= 4 is 5.91 Å². The fourth-order valence-electron chi connectivity index (χ4n) is 2.74. The number of alkyl halides is 2. The summed E-state index contributed by atoms with van der Waals surface area (Å²) in [5, 5.41) is 0. The molecule has 0 atom stereocenters. The molecule has 0 spiro atoms. The minimum atomic E-state index is -2.98. The van der Waals surface area contributed by atoms with Crippen LogP contribution < -0.4 is 18.9 Å². The van der Waals surface area contributed by atoms with Crippen molar-refractivity contribution in [1.29, 1.82) is 0 Å². The first-order valence-electron chi connectivity index (χ1n) is 9.14. The van der Waals surface area contributed by atoms with Gasteiger partial charge < -0.3 is 23.8 Å². The molecule has 2 rings (SSSR count). The molecule has 0 aliphatic heterocycles. The van der Waals surface area contributed by atoms with Gasteiger partial charge in [0.1, 0.15) is 0 Å². The van der Waals surface area contributed by atoms with Crippen LogP contribution in [-0.4, -0.2) is 45.3 Å². The number of benzene rings is 2. The number of methoxy groups -OCH3 is 2. The van der Waals surface area contributed by atoms with E-state index in [1.165, 1.54) is 31.3 Å². The van der Waals surface area contributed by atoms with E-state index in [-0.39, 0.29) is 30.6 Å². The lowest BCUT2D eigenvalue weighted by Gasteiger charge is -2.19. The van der Waals surface area contributed by atoms with Gasteiger partial charge in [0.2, 0.25) is 0 Å². The highest BCUT2D eigenvalue weighted by atomic mass is 19.3.